The Kier molecular flexibility index (Phi) is 4.08. The van der Waals surface area contributed by atoms with E-state index in [9.17, 15) is 0 Å². The lowest BCUT2D eigenvalue weighted by atomic mass is 9.72. The molecular formula is C13H27N3O. The first-order valence-electron chi connectivity index (χ1n) is 6.83. The fourth-order valence-electron chi connectivity index (χ4n) is 3.22. The molecular weight excluding hydrogens is 214 g/mol. The molecule has 1 aliphatic carbocycles. The van der Waals surface area contributed by atoms with Gasteiger partial charge in [0.1, 0.15) is 0 Å². The van der Waals surface area contributed by atoms with E-state index < -0.39 is 0 Å². The molecule has 0 amide bonds. The summed E-state index contributed by atoms with van der Waals surface area (Å²) in [6.07, 6.45) is 2.66. The first kappa shape index (κ1) is 13.3. The van der Waals surface area contributed by atoms with Crippen LogP contribution in [0.4, 0.5) is 0 Å². The van der Waals surface area contributed by atoms with Crippen LogP contribution in [0.25, 0.3) is 0 Å². The van der Waals surface area contributed by atoms with Crippen molar-refractivity contribution in [2.24, 2.45) is 5.73 Å². The standard InChI is InChI=1S/C13H27N3O/c1-11(2)15-4-6-16(7-5-15)13(10-14)8-12(9-13)17-3/h11-12H,4-10,14H2,1-3H3. The number of hydrogen-bond acceptors (Lipinski definition) is 4. The summed E-state index contributed by atoms with van der Waals surface area (Å²) in [4.78, 5) is 5.15. The third-order valence-electron chi connectivity index (χ3n) is 4.64. The summed E-state index contributed by atoms with van der Waals surface area (Å²) < 4.78 is 5.40. The summed E-state index contributed by atoms with van der Waals surface area (Å²) in [6, 6.07) is 0.666. The maximum atomic E-state index is 6.00. The molecule has 1 heterocycles. The maximum Gasteiger partial charge on any atom is 0.0607 e. The number of nitrogens with two attached hydrogens (primary N) is 1. The van der Waals surface area contributed by atoms with Crippen LogP contribution in [0.2, 0.25) is 0 Å². The molecule has 0 unspecified atom stereocenters. The molecule has 2 N–H and O–H groups in total. The van der Waals surface area contributed by atoms with E-state index >= 15 is 0 Å². The van der Waals surface area contributed by atoms with Crippen LogP contribution in [0.1, 0.15) is 26.7 Å². The first-order valence-corrected chi connectivity index (χ1v) is 6.83. The molecule has 1 saturated carbocycles. The Labute approximate surface area is 105 Å². The van der Waals surface area contributed by atoms with Crippen LogP contribution < -0.4 is 5.73 Å². The third-order valence-corrected chi connectivity index (χ3v) is 4.64. The summed E-state index contributed by atoms with van der Waals surface area (Å²) in [7, 11) is 1.81. The van der Waals surface area contributed by atoms with Gasteiger partial charge in [-0.2, -0.15) is 0 Å². The predicted molar refractivity (Wildman–Crippen MR) is 70.1 cm³/mol. The first-order chi connectivity index (χ1) is 8.11. The van der Waals surface area contributed by atoms with Crippen LogP contribution in [0.3, 0.4) is 0 Å². The van der Waals surface area contributed by atoms with Gasteiger partial charge in [0.25, 0.3) is 0 Å². The van der Waals surface area contributed by atoms with Gasteiger partial charge in [0.15, 0.2) is 0 Å². The van der Waals surface area contributed by atoms with E-state index in [0.29, 0.717) is 12.1 Å². The van der Waals surface area contributed by atoms with E-state index in [2.05, 4.69) is 23.6 Å². The van der Waals surface area contributed by atoms with E-state index in [4.69, 9.17) is 10.5 Å². The van der Waals surface area contributed by atoms with Crippen molar-refractivity contribution in [3.63, 3.8) is 0 Å². The zero-order valence-corrected chi connectivity index (χ0v) is 11.5. The van der Waals surface area contributed by atoms with Gasteiger partial charge in [-0.1, -0.05) is 0 Å². The Hall–Kier alpha value is -0.160. The molecule has 0 spiro atoms. The number of rotatable bonds is 4. The molecule has 4 heteroatoms. The lowest BCUT2D eigenvalue weighted by molar-refractivity contribution is -0.101. The Bertz CT molecular complexity index is 243. The molecule has 2 fully saturated rings. The molecule has 4 nitrogen and oxygen atoms in total. The predicted octanol–water partition coefficient (Wildman–Crippen LogP) is 0.519. The summed E-state index contributed by atoms with van der Waals surface area (Å²) in [5.41, 5.74) is 6.24. The highest BCUT2D eigenvalue weighted by atomic mass is 16.5. The molecule has 0 radical (unpaired) electrons. The zero-order chi connectivity index (χ0) is 12.5. The van der Waals surface area contributed by atoms with Crippen LogP contribution in [0.15, 0.2) is 0 Å². The average Bonchev–Trinajstić information content (AvgIpc) is 2.29. The van der Waals surface area contributed by atoms with Gasteiger partial charge in [-0.05, 0) is 26.7 Å². The van der Waals surface area contributed by atoms with Crippen molar-refractivity contribution in [2.75, 3.05) is 39.8 Å². The van der Waals surface area contributed by atoms with Crippen molar-refractivity contribution in [2.45, 2.75) is 44.4 Å². The molecule has 2 rings (SSSR count). The average molecular weight is 241 g/mol. The van der Waals surface area contributed by atoms with Gasteiger partial charge in [0.05, 0.1) is 6.10 Å². The second-order valence-corrected chi connectivity index (χ2v) is 5.81. The monoisotopic (exact) mass is 241 g/mol. The van der Waals surface area contributed by atoms with Crippen molar-refractivity contribution >= 4 is 0 Å². The second kappa shape index (κ2) is 5.22. The van der Waals surface area contributed by atoms with Crippen LogP contribution in [-0.2, 0) is 4.74 Å². The highest BCUT2D eigenvalue weighted by Crippen LogP contribution is 2.39. The molecule has 0 aromatic rings. The number of ether oxygens (including phenoxy) is 1. The number of methoxy groups -OCH3 is 1. The van der Waals surface area contributed by atoms with Gasteiger partial charge in [-0.3, -0.25) is 9.80 Å². The van der Waals surface area contributed by atoms with Gasteiger partial charge < -0.3 is 10.5 Å². The van der Waals surface area contributed by atoms with Gasteiger partial charge in [-0.25, -0.2) is 0 Å². The van der Waals surface area contributed by atoms with Crippen molar-refractivity contribution in [1.29, 1.82) is 0 Å². The minimum absolute atomic E-state index is 0.240. The van der Waals surface area contributed by atoms with E-state index in [-0.39, 0.29) is 5.54 Å². The molecule has 0 bridgehead atoms. The molecule has 0 atom stereocenters. The lowest BCUT2D eigenvalue weighted by Crippen LogP contribution is -2.67. The van der Waals surface area contributed by atoms with Crippen LogP contribution >= 0.6 is 0 Å². The fraction of sp³-hybridized carbons (Fsp3) is 1.00. The van der Waals surface area contributed by atoms with Crippen molar-refractivity contribution in [3.05, 3.63) is 0 Å². The van der Waals surface area contributed by atoms with E-state index in [1.807, 2.05) is 7.11 Å². The van der Waals surface area contributed by atoms with Gasteiger partial charge in [0.2, 0.25) is 0 Å². The van der Waals surface area contributed by atoms with Crippen molar-refractivity contribution in [3.8, 4) is 0 Å². The minimum Gasteiger partial charge on any atom is -0.381 e. The Balaban J connectivity index is 1.87. The van der Waals surface area contributed by atoms with Gasteiger partial charge in [-0.15, -0.1) is 0 Å². The smallest absolute Gasteiger partial charge is 0.0607 e. The summed E-state index contributed by atoms with van der Waals surface area (Å²) in [5, 5.41) is 0. The van der Waals surface area contributed by atoms with E-state index in [1.165, 1.54) is 13.1 Å². The molecule has 1 saturated heterocycles. The maximum absolute atomic E-state index is 6.00. The molecule has 0 aromatic heterocycles. The molecule has 0 aromatic carbocycles. The van der Waals surface area contributed by atoms with Crippen molar-refractivity contribution < 1.29 is 4.74 Å². The summed E-state index contributed by atoms with van der Waals surface area (Å²) >= 11 is 0. The quantitative estimate of drug-likeness (QED) is 0.779. The van der Waals surface area contributed by atoms with Gasteiger partial charge >= 0.3 is 0 Å². The van der Waals surface area contributed by atoms with Gasteiger partial charge in [0, 0.05) is 51.4 Å². The lowest BCUT2D eigenvalue weighted by Gasteiger charge is -2.55. The molecule has 17 heavy (non-hydrogen) atoms. The Morgan fingerprint density at radius 1 is 1.24 bits per heavy atom. The summed E-state index contributed by atoms with van der Waals surface area (Å²) in [6.45, 7) is 10.00. The second-order valence-electron chi connectivity index (χ2n) is 5.81. The molecule has 100 valence electrons. The highest BCUT2D eigenvalue weighted by molar-refractivity contribution is 5.05. The normalized spacial score (nSPS) is 36.2. The Morgan fingerprint density at radius 3 is 2.24 bits per heavy atom. The molecule has 1 aliphatic heterocycles. The SMILES string of the molecule is COC1CC(CN)(N2CCN(C(C)C)CC2)C1. The van der Waals surface area contributed by atoms with E-state index in [1.54, 1.807) is 0 Å². The van der Waals surface area contributed by atoms with Crippen LogP contribution in [0.5, 0.6) is 0 Å². The van der Waals surface area contributed by atoms with Crippen LogP contribution in [0, 0.1) is 0 Å². The third kappa shape index (κ3) is 2.50. The van der Waals surface area contributed by atoms with Crippen molar-refractivity contribution in [1.82, 2.24) is 9.80 Å². The number of hydrogen-bond donors (Lipinski definition) is 1. The van der Waals surface area contributed by atoms with E-state index in [0.717, 1.165) is 32.5 Å². The minimum atomic E-state index is 0.240. The largest absolute Gasteiger partial charge is 0.381 e. The number of piperazine rings is 1. The molecule has 2 aliphatic rings. The summed E-state index contributed by atoms with van der Waals surface area (Å²) in [5.74, 6) is 0. The highest BCUT2D eigenvalue weighted by Gasteiger charge is 2.48. The topological polar surface area (TPSA) is 41.7 Å². The Morgan fingerprint density at radius 2 is 1.82 bits per heavy atom. The number of nitrogens with zero attached hydrogens (tertiary/aromatic N) is 2. The zero-order valence-electron chi connectivity index (χ0n) is 11.5. The van der Waals surface area contributed by atoms with Crippen LogP contribution in [-0.4, -0.2) is 67.3 Å². The fourth-order valence-corrected chi connectivity index (χ4v) is 3.22.